The predicted molar refractivity (Wildman–Crippen MR) is 84.4 cm³/mol. The van der Waals surface area contributed by atoms with Crippen LogP contribution in [0, 0.1) is 6.92 Å². The zero-order chi connectivity index (χ0) is 15.6. The van der Waals surface area contributed by atoms with Gasteiger partial charge >= 0.3 is 0 Å². The maximum Gasteiger partial charge on any atom is 0.182 e. The third-order valence-corrected chi connectivity index (χ3v) is 4.56. The van der Waals surface area contributed by atoms with Gasteiger partial charge in [-0.05, 0) is 41.5 Å². The molecule has 114 valence electrons. The average molecular weight is 374 g/mol. The first-order chi connectivity index (χ1) is 9.78. The van der Waals surface area contributed by atoms with E-state index in [-0.39, 0.29) is 5.75 Å². The molecule has 1 aromatic heterocycles. The van der Waals surface area contributed by atoms with Crippen LogP contribution in [-0.4, -0.2) is 40.6 Å². The Balaban J connectivity index is 2.29. The summed E-state index contributed by atoms with van der Waals surface area (Å²) in [5.41, 5.74) is 8.30. The van der Waals surface area contributed by atoms with E-state index in [0.29, 0.717) is 24.5 Å². The molecular weight excluding hydrogens is 358 g/mol. The van der Waals surface area contributed by atoms with Gasteiger partial charge in [0, 0.05) is 28.5 Å². The Hall–Kier alpha value is -1.48. The van der Waals surface area contributed by atoms with Crippen molar-refractivity contribution >= 4 is 31.5 Å². The molecule has 0 amide bonds. The molecule has 7 nitrogen and oxygen atoms in total. The molecule has 0 aliphatic rings. The minimum atomic E-state index is -2.99. The van der Waals surface area contributed by atoms with E-state index in [1.807, 2.05) is 19.1 Å². The smallest absolute Gasteiger partial charge is 0.182 e. The van der Waals surface area contributed by atoms with Crippen LogP contribution in [0.25, 0.3) is 11.4 Å². The Morgan fingerprint density at radius 2 is 2.10 bits per heavy atom. The predicted octanol–water partition coefficient (Wildman–Crippen LogP) is 1.43. The quantitative estimate of drug-likeness (QED) is 0.794. The minimum absolute atomic E-state index is 0.103. The Kier molecular flexibility index (Phi) is 4.62. The summed E-state index contributed by atoms with van der Waals surface area (Å²) in [6.07, 6.45) is 1.67. The van der Waals surface area contributed by atoms with Gasteiger partial charge in [0.25, 0.3) is 0 Å². The summed E-state index contributed by atoms with van der Waals surface area (Å²) in [7, 11) is -2.99. The number of halogens is 1. The second-order valence-corrected chi connectivity index (χ2v) is 8.05. The number of nitrogens with zero attached hydrogens (tertiary/aromatic N) is 4. The Bertz CT molecular complexity index is 757. The van der Waals surface area contributed by atoms with Crippen molar-refractivity contribution in [2.45, 2.75) is 19.9 Å². The Labute approximate surface area is 131 Å². The van der Waals surface area contributed by atoms with E-state index in [9.17, 15) is 8.42 Å². The summed E-state index contributed by atoms with van der Waals surface area (Å²) in [6.45, 7) is 2.33. The number of anilines is 1. The normalized spacial score (nSPS) is 11.8. The molecule has 1 heterocycles. The van der Waals surface area contributed by atoms with E-state index in [0.717, 1.165) is 15.6 Å². The van der Waals surface area contributed by atoms with Gasteiger partial charge in [-0.3, -0.25) is 0 Å². The molecule has 0 spiro atoms. The van der Waals surface area contributed by atoms with Gasteiger partial charge in [0.2, 0.25) is 0 Å². The van der Waals surface area contributed by atoms with Gasteiger partial charge in [-0.15, -0.1) is 5.10 Å². The van der Waals surface area contributed by atoms with Crippen LogP contribution in [0.3, 0.4) is 0 Å². The average Bonchev–Trinajstić information content (AvgIpc) is 2.80. The lowest BCUT2D eigenvalue weighted by Crippen LogP contribution is -2.10. The summed E-state index contributed by atoms with van der Waals surface area (Å²) < 4.78 is 24.8. The van der Waals surface area contributed by atoms with Gasteiger partial charge in [-0.1, -0.05) is 15.9 Å². The van der Waals surface area contributed by atoms with E-state index in [1.165, 1.54) is 6.26 Å². The van der Waals surface area contributed by atoms with E-state index in [4.69, 9.17) is 5.73 Å². The van der Waals surface area contributed by atoms with Gasteiger partial charge in [-0.25, -0.2) is 13.1 Å². The molecule has 0 fully saturated rings. The van der Waals surface area contributed by atoms with E-state index < -0.39 is 9.84 Å². The van der Waals surface area contributed by atoms with E-state index in [2.05, 4.69) is 31.5 Å². The second-order valence-electron chi connectivity index (χ2n) is 4.88. The van der Waals surface area contributed by atoms with Crippen molar-refractivity contribution in [1.29, 1.82) is 0 Å². The number of aryl methyl sites for hydroxylation is 1. The number of rotatable bonds is 5. The molecule has 0 bridgehead atoms. The highest BCUT2D eigenvalue weighted by molar-refractivity contribution is 9.10. The van der Waals surface area contributed by atoms with Crippen molar-refractivity contribution in [3.63, 3.8) is 0 Å². The standard InChI is InChI=1S/C12H16BrN5O2S/c1-8-10(6-9(13)7-11(8)14)12-15-16-17-18(12)4-3-5-21(2,19)20/h6-7H,3-5,14H2,1-2H3. The molecule has 0 radical (unpaired) electrons. The highest BCUT2D eigenvalue weighted by atomic mass is 79.9. The summed E-state index contributed by atoms with van der Waals surface area (Å²) in [6, 6.07) is 3.71. The zero-order valence-electron chi connectivity index (χ0n) is 11.7. The zero-order valence-corrected chi connectivity index (χ0v) is 14.1. The van der Waals surface area contributed by atoms with Gasteiger partial charge in [-0.2, -0.15) is 0 Å². The molecule has 2 N–H and O–H groups in total. The van der Waals surface area contributed by atoms with Crippen LogP contribution in [0.5, 0.6) is 0 Å². The van der Waals surface area contributed by atoms with Crippen LogP contribution < -0.4 is 5.73 Å². The van der Waals surface area contributed by atoms with E-state index >= 15 is 0 Å². The second kappa shape index (κ2) is 6.10. The highest BCUT2D eigenvalue weighted by Gasteiger charge is 2.14. The highest BCUT2D eigenvalue weighted by Crippen LogP contribution is 2.29. The Morgan fingerprint density at radius 3 is 2.76 bits per heavy atom. The summed E-state index contributed by atoms with van der Waals surface area (Å²) in [5, 5.41) is 11.6. The topological polar surface area (TPSA) is 104 Å². The van der Waals surface area contributed by atoms with Crippen molar-refractivity contribution in [1.82, 2.24) is 20.2 Å². The fraction of sp³-hybridized carbons (Fsp3) is 0.417. The van der Waals surface area contributed by atoms with Crippen LogP contribution in [-0.2, 0) is 16.4 Å². The van der Waals surface area contributed by atoms with Crippen molar-refractivity contribution < 1.29 is 8.42 Å². The largest absolute Gasteiger partial charge is 0.398 e. The molecule has 0 saturated carbocycles. The van der Waals surface area contributed by atoms with Crippen LogP contribution in [0.1, 0.15) is 12.0 Å². The number of sulfone groups is 1. The van der Waals surface area contributed by atoms with Crippen LogP contribution in [0.2, 0.25) is 0 Å². The first kappa shape index (κ1) is 15.9. The maximum atomic E-state index is 11.2. The van der Waals surface area contributed by atoms with Crippen molar-refractivity contribution in [3.05, 3.63) is 22.2 Å². The third-order valence-electron chi connectivity index (χ3n) is 3.07. The lowest BCUT2D eigenvalue weighted by Gasteiger charge is -2.09. The number of hydrogen-bond acceptors (Lipinski definition) is 6. The molecule has 0 saturated heterocycles. The van der Waals surface area contributed by atoms with E-state index in [1.54, 1.807) is 4.68 Å². The maximum absolute atomic E-state index is 11.2. The molecule has 0 unspecified atom stereocenters. The van der Waals surface area contributed by atoms with Gasteiger partial charge in [0.05, 0.1) is 5.75 Å². The van der Waals surface area contributed by atoms with Crippen LogP contribution in [0.15, 0.2) is 16.6 Å². The third kappa shape index (κ3) is 4.01. The van der Waals surface area contributed by atoms with Crippen LogP contribution in [0.4, 0.5) is 5.69 Å². The molecule has 2 rings (SSSR count). The molecule has 0 aliphatic heterocycles. The number of aromatic nitrogens is 4. The summed E-state index contributed by atoms with van der Waals surface area (Å²) in [5.74, 6) is 0.681. The Morgan fingerprint density at radius 1 is 1.38 bits per heavy atom. The molecule has 0 atom stereocenters. The number of benzene rings is 1. The van der Waals surface area contributed by atoms with Crippen LogP contribution >= 0.6 is 15.9 Å². The fourth-order valence-corrected chi connectivity index (χ4v) is 3.09. The summed E-state index contributed by atoms with van der Waals surface area (Å²) in [4.78, 5) is 0. The monoisotopic (exact) mass is 373 g/mol. The van der Waals surface area contributed by atoms with Crippen molar-refractivity contribution in [3.8, 4) is 11.4 Å². The fourth-order valence-electron chi connectivity index (χ4n) is 1.96. The molecule has 0 aliphatic carbocycles. The molecule has 1 aromatic carbocycles. The molecule has 21 heavy (non-hydrogen) atoms. The van der Waals surface area contributed by atoms with Crippen molar-refractivity contribution in [2.24, 2.45) is 0 Å². The number of hydrogen-bond donors (Lipinski definition) is 1. The van der Waals surface area contributed by atoms with Crippen molar-refractivity contribution in [2.75, 3.05) is 17.7 Å². The molecule has 2 aromatic rings. The lowest BCUT2D eigenvalue weighted by molar-refractivity contribution is 0.567. The SMILES string of the molecule is Cc1c(N)cc(Br)cc1-c1nnnn1CCCS(C)(=O)=O. The minimum Gasteiger partial charge on any atom is -0.398 e. The van der Waals surface area contributed by atoms with Gasteiger partial charge in [0.15, 0.2) is 5.82 Å². The number of nitrogen functional groups attached to an aromatic ring is 1. The van der Waals surface area contributed by atoms with Gasteiger partial charge < -0.3 is 5.73 Å². The lowest BCUT2D eigenvalue weighted by atomic mass is 10.1. The first-order valence-electron chi connectivity index (χ1n) is 6.28. The summed E-state index contributed by atoms with van der Waals surface area (Å²) >= 11 is 3.40. The van der Waals surface area contributed by atoms with Gasteiger partial charge in [0.1, 0.15) is 9.84 Å². The molecule has 9 heteroatoms. The number of nitrogens with two attached hydrogens (primary N) is 1. The molecular formula is C12H16BrN5O2S. The first-order valence-corrected chi connectivity index (χ1v) is 9.13. The number of tetrazole rings is 1.